The minimum absolute atomic E-state index is 0.0227. The van der Waals surface area contributed by atoms with E-state index in [1.165, 1.54) is 4.90 Å². The maximum Gasteiger partial charge on any atom is 0.325 e. The molecule has 1 rings (SSSR count). The Morgan fingerprint density at radius 2 is 1.63 bits per heavy atom. The molecule has 110 valence electrons. The second kappa shape index (κ2) is 5.93. The number of hydrogen-bond donors (Lipinski definition) is 1. The largest absolute Gasteiger partial charge is 0.325 e. The smallest absolute Gasteiger partial charge is 0.323 e. The lowest BCUT2D eigenvalue weighted by atomic mass is 9.88. The van der Waals surface area contributed by atoms with Gasteiger partial charge in [-0.25, -0.2) is 4.79 Å². The minimum atomic E-state index is -0.640. The summed E-state index contributed by atoms with van der Waals surface area (Å²) < 4.78 is 0. The van der Waals surface area contributed by atoms with Gasteiger partial charge in [-0.15, -0.1) is 0 Å². The van der Waals surface area contributed by atoms with Crippen LogP contribution in [0.4, 0.5) is 4.79 Å². The number of nitrogens with one attached hydrogen (secondary N) is 1. The number of amides is 3. The molecule has 0 atom stereocenters. The highest BCUT2D eigenvalue weighted by molar-refractivity contribution is 6.07. The van der Waals surface area contributed by atoms with E-state index in [9.17, 15) is 9.59 Å². The summed E-state index contributed by atoms with van der Waals surface area (Å²) in [5.41, 5.74) is -0.514. The third kappa shape index (κ3) is 3.71. The minimum Gasteiger partial charge on any atom is -0.323 e. The van der Waals surface area contributed by atoms with Crippen LogP contribution in [0.5, 0.6) is 0 Å². The molecule has 1 saturated heterocycles. The zero-order chi connectivity index (χ0) is 14.7. The maximum atomic E-state index is 12.6. The Morgan fingerprint density at radius 3 is 2.05 bits per heavy atom. The topological polar surface area (TPSA) is 49.4 Å². The summed E-state index contributed by atoms with van der Waals surface area (Å²) in [4.78, 5) is 26.1. The van der Waals surface area contributed by atoms with E-state index < -0.39 is 5.54 Å². The Balaban J connectivity index is 2.81. The SMILES string of the molecule is CCCC1(CCC)NC(=O)N(CCC(C)(C)C)C1=O. The number of imide groups is 1. The van der Waals surface area contributed by atoms with Crippen molar-refractivity contribution in [3.05, 3.63) is 0 Å². The predicted molar refractivity (Wildman–Crippen MR) is 76.9 cm³/mol. The molecule has 0 saturated carbocycles. The summed E-state index contributed by atoms with van der Waals surface area (Å²) in [6, 6.07) is -0.212. The molecule has 1 aliphatic heterocycles. The molecule has 3 amide bonds. The first-order chi connectivity index (χ1) is 8.75. The number of urea groups is 1. The highest BCUT2D eigenvalue weighted by Crippen LogP contribution is 2.29. The van der Waals surface area contributed by atoms with E-state index in [2.05, 4.69) is 39.9 Å². The summed E-state index contributed by atoms with van der Waals surface area (Å²) >= 11 is 0. The first kappa shape index (κ1) is 16.0. The van der Waals surface area contributed by atoms with Gasteiger partial charge in [-0.3, -0.25) is 9.69 Å². The van der Waals surface area contributed by atoms with Crippen molar-refractivity contribution in [3.8, 4) is 0 Å². The van der Waals surface area contributed by atoms with Gasteiger partial charge in [0.15, 0.2) is 0 Å². The summed E-state index contributed by atoms with van der Waals surface area (Å²) in [5.74, 6) is -0.0227. The summed E-state index contributed by atoms with van der Waals surface area (Å²) in [6.45, 7) is 11.0. The van der Waals surface area contributed by atoms with Gasteiger partial charge in [0.2, 0.25) is 0 Å². The van der Waals surface area contributed by atoms with Crippen LogP contribution in [0.3, 0.4) is 0 Å². The molecule has 1 heterocycles. The zero-order valence-electron chi connectivity index (χ0n) is 13.0. The quantitative estimate of drug-likeness (QED) is 0.751. The van der Waals surface area contributed by atoms with Crippen LogP contribution in [-0.2, 0) is 4.79 Å². The van der Waals surface area contributed by atoms with Gasteiger partial charge in [-0.1, -0.05) is 47.5 Å². The molecule has 0 aromatic carbocycles. The Kier molecular flexibility index (Phi) is 4.99. The zero-order valence-corrected chi connectivity index (χ0v) is 13.0. The lowest BCUT2D eigenvalue weighted by molar-refractivity contribution is -0.132. The Bertz CT molecular complexity index is 339. The van der Waals surface area contributed by atoms with E-state index in [-0.39, 0.29) is 17.4 Å². The van der Waals surface area contributed by atoms with E-state index in [1.54, 1.807) is 0 Å². The van der Waals surface area contributed by atoms with E-state index in [0.29, 0.717) is 6.54 Å². The van der Waals surface area contributed by atoms with Crippen molar-refractivity contribution in [1.82, 2.24) is 10.2 Å². The Labute approximate surface area is 116 Å². The van der Waals surface area contributed by atoms with Crippen molar-refractivity contribution >= 4 is 11.9 Å². The molecule has 0 radical (unpaired) electrons. The van der Waals surface area contributed by atoms with E-state index in [4.69, 9.17) is 0 Å². The fourth-order valence-electron chi connectivity index (χ4n) is 2.64. The van der Waals surface area contributed by atoms with E-state index in [0.717, 1.165) is 32.1 Å². The molecular weight excluding hydrogens is 240 g/mol. The molecule has 0 aliphatic carbocycles. The Hall–Kier alpha value is -1.06. The van der Waals surface area contributed by atoms with Crippen LogP contribution >= 0.6 is 0 Å². The third-order valence-electron chi connectivity index (χ3n) is 3.68. The van der Waals surface area contributed by atoms with Gasteiger partial charge >= 0.3 is 6.03 Å². The van der Waals surface area contributed by atoms with Crippen LogP contribution in [0.1, 0.15) is 66.7 Å². The molecule has 0 aromatic heterocycles. The number of carbonyl (C=O) groups is 2. The number of nitrogens with zero attached hydrogens (tertiary/aromatic N) is 1. The monoisotopic (exact) mass is 268 g/mol. The van der Waals surface area contributed by atoms with Gasteiger partial charge < -0.3 is 5.32 Å². The van der Waals surface area contributed by atoms with E-state index in [1.807, 2.05) is 0 Å². The van der Waals surface area contributed by atoms with Crippen molar-refractivity contribution in [3.63, 3.8) is 0 Å². The van der Waals surface area contributed by atoms with Gasteiger partial charge in [0.1, 0.15) is 5.54 Å². The van der Waals surface area contributed by atoms with Crippen LogP contribution in [0.25, 0.3) is 0 Å². The first-order valence-corrected chi connectivity index (χ1v) is 7.40. The standard InChI is InChI=1S/C15H28N2O2/c1-6-8-15(9-7-2)12(18)17(13(19)16-15)11-10-14(3,4)5/h6-11H2,1-5H3,(H,16,19). The van der Waals surface area contributed by atoms with E-state index >= 15 is 0 Å². The molecular formula is C15H28N2O2. The van der Waals surface area contributed by atoms with Crippen molar-refractivity contribution in [2.45, 2.75) is 72.3 Å². The van der Waals surface area contributed by atoms with Crippen LogP contribution in [-0.4, -0.2) is 28.9 Å². The lowest BCUT2D eigenvalue weighted by Gasteiger charge is -2.26. The molecule has 0 aromatic rings. The fourth-order valence-corrected chi connectivity index (χ4v) is 2.64. The van der Waals surface area contributed by atoms with Crippen LogP contribution in [0, 0.1) is 5.41 Å². The summed E-state index contributed by atoms with van der Waals surface area (Å²) in [5, 5.41) is 2.94. The summed E-state index contributed by atoms with van der Waals surface area (Å²) in [6.07, 6.45) is 4.10. The molecule has 1 aliphatic rings. The van der Waals surface area contributed by atoms with Crippen LogP contribution < -0.4 is 5.32 Å². The van der Waals surface area contributed by atoms with Gasteiger partial charge in [0.25, 0.3) is 5.91 Å². The third-order valence-corrected chi connectivity index (χ3v) is 3.68. The average molecular weight is 268 g/mol. The second-order valence-corrected chi connectivity index (χ2v) is 6.78. The fraction of sp³-hybridized carbons (Fsp3) is 0.867. The Morgan fingerprint density at radius 1 is 1.11 bits per heavy atom. The number of rotatable bonds is 6. The predicted octanol–water partition coefficient (Wildman–Crippen LogP) is 3.31. The molecule has 19 heavy (non-hydrogen) atoms. The molecule has 4 nitrogen and oxygen atoms in total. The van der Waals surface area contributed by atoms with Crippen molar-refractivity contribution in [2.24, 2.45) is 5.41 Å². The average Bonchev–Trinajstić information content (AvgIpc) is 2.49. The van der Waals surface area contributed by atoms with Crippen molar-refractivity contribution < 1.29 is 9.59 Å². The number of hydrogen-bond acceptors (Lipinski definition) is 2. The molecule has 1 N–H and O–H groups in total. The van der Waals surface area contributed by atoms with Gasteiger partial charge in [-0.2, -0.15) is 0 Å². The molecule has 0 bridgehead atoms. The molecule has 4 heteroatoms. The highest BCUT2D eigenvalue weighted by atomic mass is 16.2. The van der Waals surface area contributed by atoms with Crippen LogP contribution in [0.15, 0.2) is 0 Å². The first-order valence-electron chi connectivity index (χ1n) is 7.40. The second-order valence-electron chi connectivity index (χ2n) is 6.78. The molecule has 0 unspecified atom stereocenters. The normalized spacial score (nSPS) is 18.9. The molecule has 0 spiro atoms. The highest BCUT2D eigenvalue weighted by Gasteiger charge is 2.49. The van der Waals surface area contributed by atoms with Gasteiger partial charge in [-0.05, 0) is 24.7 Å². The van der Waals surface area contributed by atoms with Crippen LogP contribution in [0.2, 0.25) is 0 Å². The van der Waals surface area contributed by atoms with Crippen molar-refractivity contribution in [2.75, 3.05) is 6.54 Å². The lowest BCUT2D eigenvalue weighted by Crippen LogP contribution is -2.46. The summed E-state index contributed by atoms with van der Waals surface area (Å²) in [7, 11) is 0. The molecule has 1 fully saturated rings. The van der Waals surface area contributed by atoms with Gasteiger partial charge in [0, 0.05) is 6.54 Å². The maximum absolute atomic E-state index is 12.6. The van der Waals surface area contributed by atoms with Gasteiger partial charge in [0.05, 0.1) is 0 Å². The number of carbonyl (C=O) groups excluding carboxylic acids is 2. The van der Waals surface area contributed by atoms with Crippen molar-refractivity contribution in [1.29, 1.82) is 0 Å².